The third-order valence-corrected chi connectivity index (χ3v) is 5.34. The first-order valence-electron chi connectivity index (χ1n) is 7.76. The van der Waals surface area contributed by atoms with E-state index in [0.29, 0.717) is 11.3 Å². The molecule has 3 nitrogen and oxygen atoms in total. The highest BCUT2D eigenvalue weighted by Gasteiger charge is 2.36. The molecule has 0 radical (unpaired) electrons. The first kappa shape index (κ1) is 16.7. The summed E-state index contributed by atoms with van der Waals surface area (Å²) in [5.74, 6) is 0.897. The summed E-state index contributed by atoms with van der Waals surface area (Å²) in [4.78, 5) is 1.28. The zero-order valence-electron chi connectivity index (χ0n) is 13.3. The number of ether oxygens (including phenoxy) is 1. The number of benzene rings is 1. The fourth-order valence-corrected chi connectivity index (χ4v) is 4.55. The third-order valence-electron chi connectivity index (χ3n) is 4.06. The number of thioether (sulfide) groups is 1. The monoisotopic (exact) mass is 309 g/mol. The predicted octanol–water partition coefficient (Wildman–Crippen LogP) is 3.46. The summed E-state index contributed by atoms with van der Waals surface area (Å²) in [6, 6.07) is 8.67. The zero-order valence-corrected chi connectivity index (χ0v) is 14.1. The molecule has 0 heterocycles. The Bertz CT molecular complexity index is 435. The molecular formula is C17H27NO2S. The standard InChI is InChI=1S/C17H27NO2S/c1-13(2)18-17(12-19)10-4-5-16(11-17)21-15-8-6-14(20-3)7-9-15/h6-9,13,16,18-19H,4-5,10-12H2,1-3H3. The van der Waals surface area contributed by atoms with Gasteiger partial charge in [0, 0.05) is 21.7 Å². The summed E-state index contributed by atoms with van der Waals surface area (Å²) in [5.41, 5.74) is -0.101. The fourth-order valence-electron chi connectivity index (χ4n) is 3.19. The van der Waals surface area contributed by atoms with Gasteiger partial charge in [0.15, 0.2) is 0 Å². The van der Waals surface area contributed by atoms with Crippen LogP contribution in [0.2, 0.25) is 0 Å². The molecule has 21 heavy (non-hydrogen) atoms. The van der Waals surface area contributed by atoms with Crippen LogP contribution in [0.5, 0.6) is 5.75 Å². The van der Waals surface area contributed by atoms with Crippen LogP contribution in [-0.2, 0) is 0 Å². The third kappa shape index (κ3) is 4.63. The molecule has 1 fully saturated rings. The first-order chi connectivity index (χ1) is 10.1. The maximum absolute atomic E-state index is 9.85. The number of rotatable bonds is 6. The highest BCUT2D eigenvalue weighted by atomic mass is 32.2. The maximum atomic E-state index is 9.85. The smallest absolute Gasteiger partial charge is 0.118 e. The molecule has 2 N–H and O–H groups in total. The number of hydrogen-bond donors (Lipinski definition) is 2. The van der Waals surface area contributed by atoms with Gasteiger partial charge in [0.25, 0.3) is 0 Å². The summed E-state index contributed by atoms with van der Waals surface area (Å²) >= 11 is 1.92. The van der Waals surface area contributed by atoms with Crippen LogP contribution in [0.15, 0.2) is 29.2 Å². The molecule has 118 valence electrons. The van der Waals surface area contributed by atoms with Crippen molar-refractivity contribution in [2.75, 3.05) is 13.7 Å². The topological polar surface area (TPSA) is 41.5 Å². The van der Waals surface area contributed by atoms with Crippen molar-refractivity contribution in [3.63, 3.8) is 0 Å². The Kier molecular flexibility index (Phi) is 5.97. The van der Waals surface area contributed by atoms with Gasteiger partial charge in [-0.25, -0.2) is 0 Å². The Hall–Kier alpha value is -0.710. The molecule has 1 aromatic carbocycles. The van der Waals surface area contributed by atoms with Gasteiger partial charge in [0.05, 0.1) is 13.7 Å². The molecule has 2 atom stereocenters. The quantitative estimate of drug-likeness (QED) is 0.844. The maximum Gasteiger partial charge on any atom is 0.118 e. The second-order valence-electron chi connectivity index (χ2n) is 6.25. The molecule has 0 aliphatic heterocycles. The highest BCUT2D eigenvalue weighted by Crippen LogP contribution is 2.38. The van der Waals surface area contributed by atoms with E-state index in [1.165, 1.54) is 17.7 Å². The number of nitrogens with one attached hydrogen (secondary N) is 1. The molecule has 0 amide bonds. The normalized spacial score (nSPS) is 26.0. The lowest BCUT2D eigenvalue weighted by molar-refractivity contribution is 0.115. The van der Waals surface area contributed by atoms with Crippen molar-refractivity contribution < 1.29 is 9.84 Å². The van der Waals surface area contributed by atoms with E-state index in [9.17, 15) is 5.11 Å². The molecule has 2 rings (SSSR count). The van der Waals surface area contributed by atoms with Gasteiger partial charge in [-0.2, -0.15) is 0 Å². The van der Waals surface area contributed by atoms with Gasteiger partial charge < -0.3 is 15.2 Å². The molecule has 1 aromatic rings. The molecule has 1 saturated carbocycles. The lowest BCUT2D eigenvalue weighted by atomic mass is 9.81. The Balaban J connectivity index is 1.99. The number of methoxy groups -OCH3 is 1. The lowest BCUT2D eigenvalue weighted by Gasteiger charge is -2.41. The molecule has 0 spiro atoms. The van der Waals surface area contributed by atoms with Crippen LogP contribution < -0.4 is 10.1 Å². The summed E-state index contributed by atoms with van der Waals surface area (Å²) < 4.78 is 5.20. The van der Waals surface area contributed by atoms with Crippen molar-refractivity contribution in [1.29, 1.82) is 0 Å². The van der Waals surface area contributed by atoms with Crippen molar-refractivity contribution in [2.24, 2.45) is 0 Å². The second kappa shape index (κ2) is 7.52. The van der Waals surface area contributed by atoms with Crippen LogP contribution in [0, 0.1) is 0 Å². The minimum atomic E-state index is -0.101. The zero-order chi connectivity index (χ0) is 15.3. The summed E-state index contributed by atoms with van der Waals surface area (Å²) in [7, 11) is 1.69. The summed E-state index contributed by atoms with van der Waals surface area (Å²) in [5, 5.41) is 14.0. The molecule has 4 heteroatoms. The first-order valence-corrected chi connectivity index (χ1v) is 8.64. The van der Waals surface area contributed by atoms with Crippen LogP contribution >= 0.6 is 11.8 Å². The van der Waals surface area contributed by atoms with Gasteiger partial charge in [-0.15, -0.1) is 11.8 Å². The second-order valence-corrected chi connectivity index (χ2v) is 7.62. The van der Waals surface area contributed by atoms with E-state index in [4.69, 9.17) is 4.74 Å². The van der Waals surface area contributed by atoms with Crippen molar-refractivity contribution in [1.82, 2.24) is 5.32 Å². The molecule has 1 aliphatic carbocycles. The van der Waals surface area contributed by atoms with Crippen molar-refractivity contribution in [2.45, 2.75) is 61.3 Å². The largest absolute Gasteiger partial charge is 0.497 e. The van der Waals surface area contributed by atoms with Crippen LogP contribution in [-0.4, -0.2) is 35.7 Å². The van der Waals surface area contributed by atoms with Crippen molar-refractivity contribution in [3.05, 3.63) is 24.3 Å². The van der Waals surface area contributed by atoms with Crippen molar-refractivity contribution in [3.8, 4) is 5.75 Å². The SMILES string of the molecule is COc1ccc(SC2CCCC(CO)(NC(C)C)C2)cc1. The van der Waals surface area contributed by atoms with Gasteiger partial charge in [0.2, 0.25) is 0 Å². The number of aliphatic hydroxyl groups is 1. The Morgan fingerprint density at radius 2 is 2.10 bits per heavy atom. The molecular weight excluding hydrogens is 282 g/mol. The van der Waals surface area contributed by atoms with Gasteiger partial charge >= 0.3 is 0 Å². The van der Waals surface area contributed by atoms with E-state index < -0.39 is 0 Å². The molecule has 0 saturated heterocycles. The molecule has 2 unspecified atom stereocenters. The van der Waals surface area contributed by atoms with Crippen LogP contribution in [0.4, 0.5) is 0 Å². The lowest BCUT2D eigenvalue weighted by Crippen LogP contribution is -2.54. The van der Waals surface area contributed by atoms with Gasteiger partial charge in [-0.1, -0.05) is 20.3 Å². The van der Waals surface area contributed by atoms with Crippen LogP contribution in [0.25, 0.3) is 0 Å². The Labute approximate surface area is 132 Å². The van der Waals surface area contributed by atoms with Crippen LogP contribution in [0.1, 0.15) is 39.5 Å². The Morgan fingerprint density at radius 3 is 2.67 bits per heavy atom. The molecule has 0 aromatic heterocycles. The van der Waals surface area contributed by atoms with E-state index in [1.807, 2.05) is 23.9 Å². The Morgan fingerprint density at radius 1 is 1.38 bits per heavy atom. The van der Waals surface area contributed by atoms with Gasteiger partial charge in [-0.3, -0.25) is 0 Å². The van der Waals surface area contributed by atoms with E-state index in [1.54, 1.807) is 7.11 Å². The highest BCUT2D eigenvalue weighted by molar-refractivity contribution is 8.00. The van der Waals surface area contributed by atoms with E-state index in [-0.39, 0.29) is 12.1 Å². The van der Waals surface area contributed by atoms with E-state index in [0.717, 1.165) is 18.6 Å². The number of hydrogen-bond acceptors (Lipinski definition) is 4. The van der Waals surface area contributed by atoms with Gasteiger partial charge in [-0.05, 0) is 43.5 Å². The summed E-state index contributed by atoms with van der Waals surface area (Å²) in [6.07, 6.45) is 4.49. The predicted molar refractivity (Wildman–Crippen MR) is 89.2 cm³/mol. The van der Waals surface area contributed by atoms with Crippen LogP contribution in [0.3, 0.4) is 0 Å². The van der Waals surface area contributed by atoms with Gasteiger partial charge in [0.1, 0.15) is 5.75 Å². The minimum Gasteiger partial charge on any atom is -0.497 e. The fraction of sp³-hybridized carbons (Fsp3) is 0.647. The average Bonchev–Trinajstić information content (AvgIpc) is 2.47. The van der Waals surface area contributed by atoms with E-state index in [2.05, 4.69) is 31.3 Å². The summed E-state index contributed by atoms with van der Waals surface area (Å²) in [6.45, 7) is 4.53. The molecule has 0 bridgehead atoms. The average molecular weight is 309 g/mol. The molecule has 1 aliphatic rings. The van der Waals surface area contributed by atoms with Crippen molar-refractivity contribution >= 4 is 11.8 Å². The number of aliphatic hydroxyl groups excluding tert-OH is 1. The minimum absolute atomic E-state index is 0.101. The van der Waals surface area contributed by atoms with E-state index >= 15 is 0 Å².